The zero-order valence-electron chi connectivity index (χ0n) is 11.2. The zero-order chi connectivity index (χ0) is 13.5. The van der Waals surface area contributed by atoms with E-state index in [-0.39, 0.29) is 11.9 Å². The first-order valence-electron chi connectivity index (χ1n) is 6.28. The van der Waals surface area contributed by atoms with Crippen LogP contribution in [0.15, 0.2) is 24.3 Å². The van der Waals surface area contributed by atoms with Crippen LogP contribution in [0.3, 0.4) is 0 Å². The van der Waals surface area contributed by atoms with E-state index in [1.165, 1.54) is 0 Å². The number of carbonyl (C=O) groups excluding carboxylic acids is 1. The van der Waals surface area contributed by atoms with Crippen LogP contribution in [0.2, 0.25) is 5.02 Å². The Bertz CT molecular complexity index is 395. The Morgan fingerprint density at radius 1 is 1.50 bits per heavy atom. The van der Waals surface area contributed by atoms with Crippen LogP contribution in [0.25, 0.3) is 0 Å². The van der Waals surface area contributed by atoms with Crippen molar-refractivity contribution in [2.45, 2.75) is 26.3 Å². The fourth-order valence-electron chi connectivity index (χ4n) is 1.75. The van der Waals surface area contributed by atoms with Gasteiger partial charge in [0.05, 0.1) is 6.04 Å². The largest absolute Gasteiger partial charge is 0.339 e. The van der Waals surface area contributed by atoms with Crippen LogP contribution in [0, 0.1) is 0 Å². The summed E-state index contributed by atoms with van der Waals surface area (Å²) in [5, 5.41) is 3.85. The van der Waals surface area contributed by atoms with Gasteiger partial charge in [0, 0.05) is 25.0 Å². The number of hydrogen-bond acceptors (Lipinski definition) is 2. The van der Waals surface area contributed by atoms with Crippen molar-refractivity contribution in [1.82, 2.24) is 10.2 Å². The molecule has 0 aromatic heterocycles. The van der Waals surface area contributed by atoms with Crippen molar-refractivity contribution in [3.63, 3.8) is 0 Å². The second-order valence-electron chi connectivity index (χ2n) is 4.34. The summed E-state index contributed by atoms with van der Waals surface area (Å²) in [6, 6.07) is 7.68. The summed E-state index contributed by atoms with van der Waals surface area (Å²) in [5.74, 6) is 0.142. The Morgan fingerprint density at radius 3 is 2.83 bits per heavy atom. The average Bonchev–Trinajstić information content (AvgIpc) is 2.37. The van der Waals surface area contributed by atoms with Gasteiger partial charge in [-0.3, -0.25) is 4.79 Å². The van der Waals surface area contributed by atoms with E-state index in [1.54, 1.807) is 4.90 Å². The Hall–Kier alpha value is -1.06. The van der Waals surface area contributed by atoms with Crippen molar-refractivity contribution in [2.24, 2.45) is 0 Å². The van der Waals surface area contributed by atoms with Gasteiger partial charge >= 0.3 is 0 Å². The summed E-state index contributed by atoms with van der Waals surface area (Å²) in [4.78, 5) is 13.7. The molecule has 0 radical (unpaired) electrons. The van der Waals surface area contributed by atoms with Crippen molar-refractivity contribution < 1.29 is 4.79 Å². The second kappa shape index (κ2) is 7.39. The zero-order valence-corrected chi connectivity index (χ0v) is 12.0. The molecule has 0 aliphatic heterocycles. The highest BCUT2D eigenvalue weighted by Crippen LogP contribution is 2.22. The third-order valence-corrected chi connectivity index (χ3v) is 3.31. The molecule has 1 amide bonds. The van der Waals surface area contributed by atoms with E-state index in [4.69, 9.17) is 11.6 Å². The lowest BCUT2D eigenvalue weighted by molar-refractivity contribution is -0.131. The van der Waals surface area contributed by atoms with Gasteiger partial charge in [-0.05, 0) is 31.2 Å². The first-order chi connectivity index (χ1) is 8.56. The molecule has 0 bridgehead atoms. The molecule has 0 heterocycles. The fourth-order valence-corrected chi connectivity index (χ4v) is 1.95. The molecule has 1 aromatic rings. The summed E-state index contributed by atoms with van der Waals surface area (Å²) >= 11 is 5.96. The van der Waals surface area contributed by atoms with Crippen LogP contribution in [0.4, 0.5) is 0 Å². The van der Waals surface area contributed by atoms with Gasteiger partial charge in [-0.1, -0.05) is 30.7 Å². The molecule has 0 saturated heterocycles. The smallest absolute Gasteiger partial charge is 0.224 e. The number of rotatable bonds is 6. The highest BCUT2D eigenvalue weighted by molar-refractivity contribution is 6.30. The van der Waals surface area contributed by atoms with Crippen LogP contribution in [-0.4, -0.2) is 30.9 Å². The van der Waals surface area contributed by atoms with Crippen molar-refractivity contribution in [1.29, 1.82) is 0 Å². The maximum atomic E-state index is 12.0. The molecule has 0 aliphatic rings. The minimum atomic E-state index is 0.0397. The summed E-state index contributed by atoms with van der Waals surface area (Å²) in [7, 11) is 1.83. The molecule has 18 heavy (non-hydrogen) atoms. The summed E-state index contributed by atoms with van der Waals surface area (Å²) in [6.45, 7) is 5.66. The molecular formula is C14H21ClN2O. The highest BCUT2D eigenvalue weighted by atomic mass is 35.5. The molecule has 1 atom stereocenters. The summed E-state index contributed by atoms with van der Waals surface area (Å²) in [6.07, 6.45) is 0.523. The van der Waals surface area contributed by atoms with Crippen LogP contribution in [-0.2, 0) is 4.79 Å². The van der Waals surface area contributed by atoms with Crippen LogP contribution >= 0.6 is 11.6 Å². The van der Waals surface area contributed by atoms with E-state index in [9.17, 15) is 4.79 Å². The molecule has 1 N–H and O–H groups in total. The van der Waals surface area contributed by atoms with Crippen molar-refractivity contribution in [3.8, 4) is 0 Å². The van der Waals surface area contributed by atoms with Crippen LogP contribution in [0.5, 0.6) is 0 Å². The summed E-state index contributed by atoms with van der Waals surface area (Å²) < 4.78 is 0. The van der Waals surface area contributed by atoms with Gasteiger partial charge in [-0.2, -0.15) is 0 Å². The van der Waals surface area contributed by atoms with E-state index in [0.29, 0.717) is 11.4 Å². The Labute approximate surface area is 114 Å². The molecule has 3 nitrogen and oxygen atoms in total. The Morgan fingerprint density at radius 2 is 2.22 bits per heavy atom. The van der Waals surface area contributed by atoms with Gasteiger partial charge in [0.1, 0.15) is 0 Å². The lowest BCUT2D eigenvalue weighted by Crippen LogP contribution is -2.32. The van der Waals surface area contributed by atoms with Crippen molar-refractivity contribution in [2.75, 3.05) is 20.1 Å². The van der Waals surface area contributed by atoms with Gasteiger partial charge in [0.2, 0.25) is 5.91 Å². The number of nitrogens with zero attached hydrogens (tertiary/aromatic N) is 1. The lowest BCUT2D eigenvalue weighted by Gasteiger charge is -2.25. The monoisotopic (exact) mass is 268 g/mol. The maximum Gasteiger partial charge on any atom is 0.224 e. The minimum absolute atomic E-state index is 0.0397. The van der Waals surface area contributed by atoms with E-state index in [1.807, 2.05) is 45.2 Å². The van der Waals surface area contributed by atoms with Gasteiger partial charge in [0.25, 0.3) is 0 Å². The van der Waals surface area contributed by atoms with Gasteiger partial charge in [-0.25, -0.2) is 0 Å². The molecule has 1 rings (SSSR count). The van der Waals surface area contributed by atoms with Crippen molar-refractivity contribution in [3.05, 3.63) is 34.9 Å². The number of benzene rings is 1. The highest BCUT2D eigenvalue weighted by Gasteiger charge is 2.16. The molecule has 0 spiro atoms. The maximum absolute atomic E-state index is 12.0. The Balaban J connectivity index is 2.60. The third-order valence-electron chi connectivity index (χ3n) is 3.07. The van der Waals surface area contributed by atoms with Crippen molar-refractivity contribution >= 4 is 17.5 Å². The predicted octanol–water partition coefficient (Wildman–Crippen LogP) is 2.86. The van der Waals surface area contributed by atoms with Crippen LogP contribution in [0.1, 0.15) is 31.9 Å². The number of carbonyl (C=O) groups is 1. The molecular weight excluding hydrogens is 248 g/mol. The predicted molar refractivity (Wildman–Crippen MR) is 75.8 cm³/mol. The average molecular weight is 269 g/mol. The molecule has 0 fully saturated rings. The van der Waals surface area contributed by atoms with E-state index in [2.05, 4.69) is 5.32 Å². The van der Waals surface area contributed by atoms with E-state index < -0.39 is 0 Å². The molecule has 4 heteroatoms. The van der Waals surface area contributed by atoms with E-state index in [0.717, 1.165) is 18.7 Å². The first kappa shape index (κ1) is 15.0. The van der Waals surface area contributed by atoms with Gasteiger partial charge in [-0.15, -0.1) is 0 Å². The molecule has 100 valence electrons. The van der Waals surface area contributed by atoms with Gasteiger partial charge < -0.3 is 10.2 Å². The molecule has 1 unspecified atom stereocenters. The Kier molecular flexibility index (Phi) is 6.16. The molecule has 0 saturated carbocycles. The number of hydrogen-bond donors (Lipinski definition) is 1. The lowest BCUT2D eigenvalue weighted by atomic mass is 10.1. The fraction of sp³-hybridized carbons (Fsp3) is 0.500. The quantitative estimate of drug-likeness (QED) is 0.805. The number of amides is 1. The normalized spacial score (nSPS) is 12.2. The third kappa shape index (κ3) is 4.31. The number of halogens is 1. The van der Waals surface area contributed by atoms with Gasteiger partial charge in [0.15, 0.2) is 0 Å². The summed E-state index contributed by atoms with van der Waals surface area (Å²) in [5.41, 5.74) is 1.06. The topological polar surface area (TPSA) is 32.3 Å². The SMILES string of the molecule is CCNCCC(=O)N(C)C(C)c1cccc(Cl)c1. The van der Waals surface area contributed by atoms with Crippen LogP contribution < -0.4 is 5.32 Å². The molecule has 1 aromatic carbocycles. The standard InChI is InChI=1S/C14H21ClN2O/c1-4-16-9-8-14(18)17(3)11(2)12-6-5-7-13(15)10-12/h5-7,10-11,16H,4,8-9H2,1-3H3. The minimum Gasteiger partial charge on any atom is -0.339 e. The number of nitrogens with one attached hydrogen (secondary N) is 1. The van der Waals surface area contributed by atoms with E-state index >= 15 is 0 Å². The molecule has 0 aliphatic carbocycles. The first-order valence-corrected chi connectivity index (χ1v) is 6.66. The second-order valence-corrected chi connectivity index (χ2v) is 4.78.